The predicted octanol–water partition coefficient (Wildman–Crippen LogP) is 2.87. The van der Waals surface area contributed by atoms with E-state index >= 15 is 0 Å². The third kappa shape index (κ3) is 3.48. The smallest absolute Gasteiger partial charge is 0.124 e. The third-order valence-electron chi connectivity index (χ3n) is 2.47. The lowest BCUT2D eigenvalue weighted by Crippen LogP contribution is -2.14. The topological polar surface area (TPSA) is 37.8 Å². The average Bonchev–Trinajstić information content (AvgIpc) is 2.34. The summed E-state index contributed by atoms with van der Waals surface area (Å²) in [5.74, 6) is -0.326. The van der Waals surface area contributed by atoms with Gasteiger partial charge in [0, 0.05) is 30.5 Å². The van der Waals surface area contributed by atoms with Crippen LogP contribution in [0.2, 0.25) is 5.02 Å². The van der Waals surface area contributed by atoms with Gasteiger partial charge in [-0.15, -0.1) is 0 Å². The Morgan fingerprint density at radius 2 is 2.06 bits per heavy atom. The summed E-state index contributed by atoms with van der Waals surface area (Å²) >= 11 is 5.92. The number of aryl methyl sites for hydroxylation is 1. The first-order chi connectivity index (χ1) is 8.65. The summed E-state index contributed by atoms with van der Waals surface area (Å²) in [5, 5.41) is 3.62. The highest BCUT2D eigenvalue weighted by Gasteiger charge is 2.02. The fourth-order valence-corrected chi connectivity index (χ4v) is 1.73. The molecule has 2 rings (SSSR count). The van der Waals surface area contributed by atoms with E-state index in [9.17, 15) is 4.39 Å². The molecule has 3 nitrogen and oxygen atoms in total. The van der Waals surface area contributed by atoms with E-state index in [2.05, 4.69) is 15.3 Å². The molecule has 0 radical (unpaired) electrons. The van der Waals surface area contributed by atoms with E-state index in [1.807, 2.05) is 6.92 Å². The largest absolute Gasteiger partial charge is 0.307 e. The van der Waals surface area contributed by atoms with Crippen molar-refractivity contribution in [3.63, 3.8) is 0 Å². The molecule has 0 bridgehead atoms. The van der Waals surface area contributed by atoms with Crippen LogP contribution in [-0.2, 0) is 13.1 Å². The van der Waals surface area contributed by atoms with E-state index in [0.29, 0.717) is 18.1 Å². The van der Waals surface area contributed by atoms with Crippen molar-refractivity contribution in [3.8, 4) is 0 Å². The second-order valence-electron chi connectivity index (χ2n) is 3.99. The Morgan fingerprint density at radius 1 is 1.22 bits per heavy atom. The Bertz CT molecular complexity index is 528. The van der Waals surface area contributed by atoms with Crippen molar-refractivity contribution in [2.24, 2.45) is 0 Å². The molecule has 0 atom stereocenters. The van der Waals surface area contributed by atoms with Gasteiger partial charge < -0.3 is 5.32 Å². The van der Waals surface area contributed by atoms with Crippen molar-refractivity contribution >= 4 is 11.6 Å². The number of rotatable bonds is 4. The Hall–Kier alpha value is -1.52. The van der Waals surface area contributed by atoms with Gasteiger partial charge in [0.15, 0.2) is 0 Å². The van der Waals surface area contributed by atoms with Gasteiger partial charge in [-0.25, -0.2) is 4.39 Å². The standard InChI is InChI=1S/C13H13ClFN3/c1-9-5-18-12(8-17-9)7-16-6-10-2-3-11(15)4-13(10)14/h2-5,8,16H,6-7H2,1H3. The van der Waals surface area contributed by atoms with Crippen LogP contribution in [0.3, 0.4) is 0 Å². The van der Waals surface area contributed by atoms with Gasteiger partial charge in [-0.1, -0.05) is 17.7 Å². The van der Waals surface area contributed by atoms with Crippen LogP contribution in [-0.4, -0.2) is 9.97 Å². The molecule has 5 heteroatoms. The van der Waals surface area contributed by atoms with Gasteiger partial charge in [0.05, 0.1) is 11.4 Å². The Balaban J connectivity index is 1.90. The van der Waals surface area contributed by atoms with Crippen molar-refractivity contribution in [2.45, 2.75) is 20.0 Å². The average molecular weight is 266 g/mol. The van der Waals surface area contributed by atoms with Crippen LogP contribution in [0.25, 0.3) is 0 Å². The molecular weight excluding hydrogens is 253 g/mol. The first-order valence-corrected chi connectivity index (χ1v) is 5.95. The highest BCUT2D eigenvalue weighted by Crippen LogP contribution is 2.16. The van der Waals surface area contributed by atoms with Crippen LogP contribution in [0.1, 0.15) is 17.0 Å². The van der Waals surface area contributed by atoms with E-state index in [-0.39, 0.29) is 5.82 Å². The van der Waals surface area contributed by atoms with E-state index in [1.165, 1.54) is 12.1 Å². The first kappa shape index (κ1) is 12.9. The highest BCUT2D eigenvalue weighted by atomic mass is 35.5. The number of benzene rings is 1. The lowest BCUT2D eigenvalue weighted by molar-refractivity contribution is 0.624. The van der Waals surface area contributed by atoms with Gasteiger partial charge >= 0.3 is 0 Å². The summed E-state index contributed by atoms with van der Waals surface area (Å²) in [6.07, 6.45) is 3.45. The molecular formula is C13H13ClFN3. The molecule has 0 unspecified atom stereocenters. The normalized spacial score (nSPS) is 10.6. The number of halogens is 2. The second-order valence-corrected chi connectivity index (χ2v) is 4.40. The Kier molecular flexibility index (Phi) is 4.23. The van der Waals surface area contributed by atoms with E-state index in [4.69, 9.17) is 11.6 Å². The summed E-state index contributed by atoms with van der Waals surface area (Å²) in [7, 11) is 0. The molecule has 1 aromatic carbocycles. The highest BCUT2D eigenvalue weighted by molar-refractivity contribution is 6.31. The predicted molar refractivity (Wildman–Crippen MR) is 68.7 cm³/mol. The fraction of sp³-hybridized carbons (Fsp3) is 0.231. The zero-order valence-electron chi connectivity index (χ0n) is 9.95. The number of aromatic nitrogens is 2. The third-order valence-corrected chi connectivity index (χ3v) is 2.82. The molecule has 1 heterocycles. The Labute approximate surface area is 110 Å². The second kappa shape index (κ2) is 5.89. The Morgan fingerprint density at radius 3 is 2.72 bits per heavy atom. The fourth-order valence-electron chi connectivity index (χ4n) is 1.50. The molecule has 94 valence electrons. The first-order valence-electron chi connectivity index (χ1n) is 5.57. The summed E-state index contributed by atoms with van der Waals surface area (Å²) in [6, 6.07) is 4.38. The molecule has 18 heavy (non-hydrogen) atoms. The van der Waals surface area contributed by atoms with Crippen LogP contribution < -0.4 is 5.32 Å². The molecule has 0 saturated heterocycles. The van der Waals surface area contributed by atoms with Gasteiger partial charge in [-0.05, 0) is 24.6 Å². The van der Waals surface area contributed by atoms with Gasteiger partial charge in [-0.3, -0.25) is 9.97 Å². The maximum atomic E-state index is 12.8. The molecule has 0 fully saturated rings. The van der Waals surface area contributed by atoms with Crippen LogP contribution in [0.15, 0.2) is 30.6 Å². The minimum atomic E-state index is -0.326. The van der Waals surface area contributed by atoms with Crippen LogP contribution in [0.4, 0.5) is 4.39 Å². The van der Waals surface area contributed by atoms with E-state index in [0.717, 1.165) is 17.0 Å². The number of nitrogens with zero attached hydrogens (tertiary/aromatic N) is 2. The van der Waals surface area contributed by atoms with Crippen LogP contribution in [0, 0.1) is 12.7 Å². The molecule has 1 aromatic heterocycles. The minimum absolute atomic E-state index is 0.326. The van der Waals surface area contributed by atoms with Crippen molar-refractivity contribution in [1.82, 2.24) is 15.3 Å². The van der Waals surface area contributed by atoms with Crippen molar-refractivity contribution < 1.29 is 4.39 Å². The van der Waals surface area contributed by atoms with Crippen LogP contribution >= 0.6 is 11.6 Å². The molecule has 1 N–H and O–H groups in total. The lowest BCUT2D eigenvalue weighted by atomic mass is 10.2. The van der Waals surface area contributed by atoms with Crippen molar-refractivity contribution in [3.05, 3.63) is 58.4 Å². The van der Waals surface area contributed by atoms with Gasteiger partial charge in [0.2, 0.25) is 0 Å². The SMILES string of the molecule is Cc1cnc(CNCc2ccc(F)cc2Cl)cn1. The molecule has 0 amide bonds. The molecule has 2 aromatic rings. The maximum Gasteiger partial charge on any atom is 0.124 e. The van der Waals surface area contributed by atoms with Crippen molar-refractivity contribution in [2.75, 3.05) is 0 Å². The van der Waals surface area contributed by atoms with Gasteiger partial charge in [0.25, 0.3) is 0 Å². The molecule has 0 spiro atoms. The van der Waals surface area contributed by atoms with E-state index in [1.54, 1.807) is 18.5 Å². The number of hydrogen-bond donors (Lipinski definition) is 1. The quantitative estimate of drug-likeness (QED) is 0.924. The molecule has 0 aliphatic rings. The van der Waals surface area contributed by atoms with Gasteiger partial charge in [0.1, 0.15) is 5.82 Å². The maximum absolute atomic E-state index is 12.8. The lowest BCUT2D eigenvalue weighted by Gasteiger charge is -2.06. The minimum Gasteiger partial charge on any atom is -0.307 e. The zero-order valence-corrected chi connectivity index (χ0v) is 10.7. The number of hydrogen-bond acceptors (Lipinski definition) is 3. The molecule has 0 aliphatic carbocycles. The molecule has 0 aliphatic heterocycles. The molecule has 0 saturated carbocycles. The summed E-state index contributed by atoms with van der Waals surface area (Å²) in [4.78, 5) is 8.38. The number of nitrogens with one attached hydrogen (secondary N) is 1. The van der Waals surface area contributed by atoms with E-state index < -0.39 is 0 Å². The summed E-state index contributed by atoms with van der Waals surface area (Å²) in [5.41, 5.74) is 2.61. The summed E-state index contributed by atoms with van der Waals surface area (Å²) in [6.45, 7) is 3.05. The zero-order chi connectivity index (χ0) is 13.0. The van der Waals surface area contributed by atoms with Crippen LogP contribution in [0.5, 0.6) is 0 Å². The monoisotopic (exact) mass is 265 g/mol. The van der Waals surface area contributed by atoms with Gasteiger partial charge in [-0.2, -0.15) is 0 Å². The van der Waals surface area contributed by atoms with Crippen molar-refractivity contribution in [1.29, 1.82) is 0 Å². The summed E-state index contributed by atoms with van der Waals surface area (Å²) < 4.78 is 12.8.